The maximum atomic E-state index is 13.2. The summed E-state index contributed by atoms with van der Waals surface area (Å²) < 4.78 is 7.14. The third-order valence-electron chi connectivity index (χ3n) is 5.82. The van der Waals surface area contributed by atoms with Gasteiger partial charge in [-0.2, -0.15) is 4.98 Å². The molecule has 2 aromatic heterocycles. The Balaban J connectivity index is 1.52. The van der Waals surface area contributed by atoms with Crippen LogP contribution in [0.5, 0.6) is 0 Å². The lowest BCUT2D eigenvalue weighted by molar-refractivity contribution is -0.130. The summed E-state index contributed by atoms with van der Waals surface area (Å²) in [5.41, 5.74) is 9.32. The molecule has 0 bridgehead atoms. The van der Waals surface area contributed by atoms with Gasteiger partial charge in [0.2, 0.25) is 5.91 Å². The van der Waals surface area contributed by atoms with E-state index in [9.17, 15) is 9.59 Å². The zero-order valence-corrected chi connectivity index (χ0v) is 16.5. The number of carbonyl (C=O) groups excluding carboxylic acids is 1. The van der Waals surface area contributed by atoms with Crippen LogP contribution in [0.3, 0.4) is 0 Å². The van der Waals surface area contributed by atoms with Gasteiger partial charge in [-0.15, -0.1) is 0 Å². The van der Waals surface area contributed by atoms with Crippen molar-refractivity contribution in [2.24, 2.45) is 0 Å². The third kappa shape index (κ3) is 3.10. The highest BCUT2D eigenvalue weighted by molar-refractivity contribution is 5.86. The minimum absolute atomic E-state index is 0.0437. The predicted molar refractivity (Wildman–Crippen MR) is 114 cm³/mol. The Hall–Kier alpha value is -3.68. The molecule has 0 aliphatic carbocycles. The van der Waals surface area contributed by atoms with E-state index in [2.05, 4.69) is 9.97 Å². The lowest BCUT2D eigenvalue weighted by atomic mass is 10.0. The van der Waals surface area contributed by atoms with Crippen LogP contribution in [-0.2, 0) is 4.79 Å². The molecule has 5 rings (SSSR count). The maximum Gasteiger partial charge on any atom is 0.292 e. The van der Waals surface area contributed by atoms with E-state index in [0.29, 0.717) is 35.1 Å². The first kappa shape index (κ1) is 18.4. The summed E-state index contributed by atoms with van der Waals surface area (Å²) in [7, 11) is 0. The van der Waals surface area contributed by atoms with Gasteiger partial charge in [-0.05, 0) is 48.2 Å². The molecule has 0 radical (unpaired) electrons. The minimum atomic E-state index is -0.0619. The number of piperidine rings is 1. The molecule has 152 valence electrons. The van der Waals surface area contributed by atoms with Crippen LogP contribution >= 0.6 is 0 Å². The highest BCUT2D eigenvalue weighted by Crippen LogP contribution is 2.28. The van der Waals surface area contributed by atoms with Crippen molar-refractivity contribution >= 4 is 33.9 Å². The molecule has 1 aliphatic heterocycles. The van der Waals surface area contributed by atoms with Gasteiger partial charge in [0.1, 0.15) is 5.52 Å². The number of hydrogen-bond acceptors (Lipinski definition) is 6. The second kappa shape index (κ2) is 6.98. The average Bonchev–Trinajstić information content (AvgIpc) is 3.13. The van der Waals surface area contributed by atoms with Crippen LogP contribution in [-0.4, -0.2) is 38.4 Å². The predicted octanol–water partition coefficient (Wildman–Crippen LogP) is 2.97. The summed E-state index contributed by atoms with van der Waals surface area (Å²) in [6, 6.07) is 11.5. The largest absolute Gasteiger partial charge is 0.424 e. The molecule has 0 unspecified atom stereocenters. The zero-order chi connectivity index (χ0) is 20.8. The number of likely N-dealkylation sites (tertiary alicyclic amines) is 1. The van der Waals surface area contributed by atoms with Crippen molar-refractivity contribution < 1.29 is 9.21 Å². The fraction of sp³-hybridized carbons (Fsp3) is 0.273. The van der Waals surface area contributed by atoms with Gasteiger partial charge >= 0.3 is 0 Å². The number of nitrogens with two attached hydrogens (primary N) is 1. The maximum absolute atomic E-state index is 13.2. The Kier molecular flexibility index (Phi) is 4.27. The van der Waals surface area contributed by atoms with Gasteiger partial charge in [-0.1, -0.05) is 12.1 Å². The summed E-state index contributed by atoms with van der Waals surface area (Å²) in [6.07, 6.45) is 3.12. The first-order valence-electron chi connectivity index (χ1n) is 9.92. The van der Waals surface area contributed by atoms with Crippen molar-refractivity contribution in [1.29, 1.82) is 0 Å². The number of rotatable bonds is 2. The molecule has 1 amide bonds. The number of amides is 1. The molecule has 1 aliphatic rings. The Morgan fingerprint density at radius 2 is 1.80 bits per heavy atom. The van der Waals surface area contributed by atoms with Crippen LogP contribution in [0.1, 0.15) is 25.8 Å². The van der Waals surface area contributed by atoms with Gasteiger partial charge in [0.25, 0.3) is 11.6 Å². The number of nitrogens with zero attached hydrogens (tertiary/aromatic N) is 4. The zero-order valence-electron chi connectivity index (χ0n) is 16.5. The summed E-state index contributed by atoms with van der Waals surface area (Å²) in [5, 5.41) is 0.571. The molecule has 3 heterocycles. The van der Waals surface area contributed by atoms with Gasteiger partial charge in [0, 0.05) is 26.1 Å². The fourth-order valence-electron chi connectivity index (χ4n) is 4.16. The standard InChI is InChI=1S/C22H21N5O3/c1-13(28)26-8-6-16(7-9-26)27-12-24-18-4-2-14(10-17(18)21(27)29)15-3-5-19-20(11-15)30-22(23)25-19/h2-5,10-12,16H,6-9H2,1H3,(H2,23,25). The van der Waals surface area contributed by atoms with E-state index >= 15 is 0 Å². The Morgan fingerprint density at radius 3 is 2.53 bits per heavy atom. The van der Waals surface area contributed by atoms with Gasteiger partial charge in [0.15, 0.2) is 5.58 Å². The Morgan fingerprint density at radius 1 is 1.10 bits per heavy atom. The van der Waals surface area contributed by atoms with E-state index < -0.39 is 0 Å². The number of oxazole rings is 1. The second-order valence-electron chi connectivity index (χ2n) is 7.66. The topological polar surface area (TPSA) is 107 Å². The van der Waals surface area contributed by atoms with E-state index in [1.165, 1.54) is 0 Å². The smallest absolute Gasteiger partial charge is 0.292 e. The number of anilines is 1. The van der Waals surface area contributed by atoms with E-state index in [4.69, 9.17) is 10.2 Å². The molecule has 0 atom stereocenters. The first-order valence-corrected chi connectivity index (χ1v) is 9.92. The Labute approximate surface area is 171 Å². The number of carbonyl (C=O) groups is 1. The lowest BCUT2D eigenvalue weighted by Crippen LogP contribution is -2.39. The van der Waals surface area contributed by atoms with E-state index in [1.807, 2.05) is 41.3 Å². The van der Waals surface area contributed by atoms with Gasteiger partial charge in [0.05, 0.1) is 17.2 Å². The molecular formula is C22H21N5O3. The van der Waals surface area contributed by atoms with Crippen molar-refractivity contribution in [1.82, 2.24) is 19.4 Å². The average molecular weight is 403 g/mol. The Bertz CT molecular complexity index is 1330. The summed E-state index contributed by atoms with van der Waals surface area (Å²) >= 11 is 0. The first-order chi connectivity index (χ1) is 14.5. The monoisotopic (exact) mass is 403 g/mol. The molecule has 8 nitrogen and oxygen atoms in total. The normalized spacial score (nSPS) is 15.2. The van der Waals surface area contributed by atoms with Crippen molar-refractivity contribution in [2.45, 2.75) is 25.8 Å². The molecular weight excluding hydrogens is 382 g/mol. The van der Waals surface area contributed by atoms with Gasteiger partial charge in [-0.25, -0.2) is 4.98 Å². The van der Waals surface area contributed by atoms with Crippen molar-refractivity contribution in [3.63, 3.8) is 0 Å². The number of fused-ring (bicyclic) bond motifs is 2. The summed E-state index contributed by atoms with van der Waals surface area (Å²) in [6.45, 7) is 2.89. The van der Waals surface area contributed by atoms with Gasteiger partial charge in [-0.3, -0.25) is 14.2 Å². The highest BCUT2D eigenvalue weighted by Gasteiger charge is 2.23. The molecule has 2 aromatic carbocycles. The van der Waals surface area contributed by atoms with Crippen molar-refractivity contribution in [3.05, 3.63) is 53.1 Å². The third-order valence-corrected chi connectivity index (χ3v) is 5.82. The van der Waals surface area contributed by atoms with Crippen LogP contribution in [0.25, 0.3) is 33.1 Å². The number of hydrogen-bond donors (Lipinski definition) is 1. The van der Waals surface area contributed by atoms with Crippen molar-refractivity contribution in [2.75, 3.05) is 18.8 Å². The van der Waals surface area contributed by atoms with Crippen LogP contribution in [0.15, 0.2) is 51.9 Å². The quantitative estimate of drug-likeness (QED) is 0.551. The summed E-state index contributed by atoms with van der Waals surface area (Å²) in [5.74, 6) is 0.0764. The summed E-state index contributed by atoms with van der Waals surface area (Å²) in [4.78, 5) is 35.2. The second-order valence-corrected chi connectivity index (χ2v) is 7.66. The molecule has 0 saturated carbocycles. The van der Waals surface area contributed by atoms with Crippen LogP contribution in [0, 0.1) is 0 Å². The van der Waals surface area contributed by atoms with Crippen LogP contribution in [0.4, 0.5) is 6.01 Å². The molecule has 2 N–H and O–H groups in total. The minimum Gasteiger partial charge on any atom is -0.424 e. The molecule has 4 aromatic rings. The molecule has 0 spiro atoms. The number of aromatic nitrogens is 3. The van der Waals surface area contributed by atoms with Gasteiger partial charge < -0.3 is 15.1 Å². The van der Waals surface area contributed by atoms with E-state index in [-0.39, 0.29) is 23.5 Å². The number of benzene rings is 2. The molecule has 1 fully saturated rings. The van der Waals surface area contributed by atoms with Crippen LogP contribution < -0.4 is 11.3 Å². The fourth-order valence-corrected chi connectivity index (χ4v) is 4.16. The SMILES string of the molecule is CC(=O)N1CCC(n2cnc3ccc(-c4ccc5nc(N)oc5c4)cc3c2=O)CC1. The highest BCUT2D eigenvalue weighted by atomic mass is 16.4. The lowest BCUT2D eigenvalue weighted by Gasteiger charge is -2.32. The van der Waals surface area contributed by atoms with Crippen LogP contribution in [0.2, 0.25) is 0 Å². The number of nitrogen functional groups attached to an aromatic ring is 1. The van der Waals surface area contributed by atoms with E-state index in [1.54, 1.807) is 17.8 Å². The molecule has 1 saturated heterocycles. The van der Waals surface area contributed by atoms with Crippen molar-refractivity contribution in [3.8, 4) is 11.1 Å². The molecule has 30 heavy (non-hydrogen) atoms. The van der Waals surface area contributed by atoms with E-state index in [0.717, 1.165) is 24.0 Å². The molecule has 8 heteroatoms.